The molecule has 0 atom stereocenters. The second kappa shape index (κ2) is 37.2. The van der Waals surface area contributed by atoms with Gasteiger partial charge in [0.05, 0.1) is 18.1 Å². The molecule has 2 saturated carbocycles. The van der Waals surface area contributed by atoms with E-state index < -0.39 is 27.5 Å². The summed E-state index contributed by atoms with van der Waals surface area (Å²) in [4.78, 5) is 49.3. The monoisotopic (exact) mass is 1590 g/mol. The molecule has 28 heteroatoms. The molecule has 0 unspecified atom stereocenters. The zero-order chi connectivity index (χ0) is 65.3. The molecule has 4 saturated heterocycles. The van der Waals surface area contributed by atoms with E-state index in [1.54, 1.807) is 41.8 Å². The Kier molecular flexibility index (Phi) is 31.5. The number of Topliss-reactive ketones (excluding diaryl/α,β-unsaturated/α-hetero) is 2. The third-order valence-electron chi connectivity index (χ3n) is 16.1. The van der Waals surface area contributed by atoms with E-state index in [4.69, 9.17) is 52.7 Å². The van der Waals surface area contributed by atoms with Crippen molar-refractivity contribution in [1.29, 1.82) is 0 Å². The number of hydrogen-bond acceptors (Lipinski definition) is 19. The molecule has 6 fully saturated rings. The van der Waals surface area contributed by atoms with Crippen molar-refractivity contribution in [3.05, 3.63) is 121 Å². The quantitative estimate of drug-likeness (QED) is 0.0739. The summed E-state index contributed by atoms with van der Waals surface area (Å²) in [5, 5.41) is 20.9. The number of amides is 2. The number of halogens is 4. The average Bonchev–Trinajstić information content (AvgIpc) is 1.64. The molecule has 2 amide bonds. The first-order valence-corrected chi connectivity index (χ1v) is 35.1. The first-order chi connectivity index (χ1) is 43.5. The van der Waals surface area contributed by atoms with Gasteiger partial charge in [0, 0.05) is 140 Å². The van der Waals surface area contributed by atoms with Gasteiger partial charge in [-0.2, -0.15) is 8.42 Å². The second-order valence-electron chi connectivity index (χ2n) is 22.7. The van der Waals surface area contributed by atoms with Gasteiger partial charge in [0.2, 0.25) is 0 Å². The smallest absolute Gasteiger partial charge is 0.870 e. The van der Waals surface area contributed by atoms with E-state index in [2.05, 4.69) is 73.9 Å². The Morgan fingerprint density at radius 1 is 0.543 bits per heavy atom. The van der Waals surface area contributed by atoms with Crippen molar-refractivity contribution in [2.75, 3.05) is 65.6 Å². The SMILES string of the molecule is Brc1ccc2c(c1)OC1(CCN(C3CCC3)CC1)O2.Brc1ccc2c(c1)OC1(CCNCC1)O2.C.CCOC(=O)N1CCC(=O)CC1.CCOC(=O)N1CCC2(CC1)Oc1ccc(Br)cc1O2.Cc1ccc(S(=O)(=O)O)cc1.O=C1CCC1.Oc1ccc(Br)cc1O.[Na+].[OH-]. The maximum atomic E-state index is 11.7. The molecule has 5 aromatic rings. The van der Waals surface area contributed by atoms with E-state index in [1.165, 1.54) is 43.5 Å². The normalized spacial score (nSPS) is 18.4. The molecule has 3 spiro atoms. The maximum Gasteiger partial charge on any atom is 1.00 e. The number of phenols is 2. The molecule has 2 aliphatic carbocycles. The Labute approximate surface area is 606 Å². The van der Waals surface area contributed by atoms with Crippen LogP contribution in [0.2, 0.25) is 0 Å². The first-order valence-electron chi connectivity index (χ1n) is 30.5. The predicted octanol–water partition coefficient (Wildman–Crippen LogP) is 11.1. The summed E-state index contributed by atoms with van der Waals surface area (Å²) in [5.74, 6) is 4.02. The van der Waals surface area contributed by atoms with Gasteiger partial charge in [0.15, 0.2) is 46.0 Å². The topological polar surface area (TPSA) is 289 Å². The number of phenolic OH excluding ortho intramolecular Hbond substituents is 2. The van der Waals surface area contributed by atoms with Crippen LogP contribution in [-0.4, -0.2) is 156 Å². The summed E-state index contributed by atoms with van der Waals surface area (Å²) in [5.41, 5.74) is 0.956. The van der Waals surface area contributed by atoms with E-state index in [0.717, 1.165) is 135 Å². The Balaban J connectivity index is 0.000000204. The second-order valence-corrected chi connectivity index (χ2v) is 27.8. The van der Waals surface area contributed by atoms with Gasteiger partial charge in [-0.3, -0.25) is 19.0 Å². The average molecular weight is 1600 g/mol. The van der Waals surface area contributed by atoms with Gasteiger partial charge in [-0.05, 0) is 125 Å². The molecule has 94 heavy (non-hydrogen) atoms. The number of carbonyl (C=O) groups excluding carboxylic acids is 4. The summed E-state index contributed by atoms with van der Waals surface area (Å²) in [6, 6.07) is 28.9. The summed E-state index contributed by atoms with van der Waals surface area (Å²) < 4.78 is 79.1. The fourth-order valence-corrected chi connectivity index (χ4v) is 12.4. The molecule has 14 rings (SSSR count). The predicted molar refractivity (Wildman–Crippen MR) is 362 cm³/mol. The number of carbonyl (C=O) groups is 4. The van der Waals surface area contributed by atoms with Crippen LogP contribution in [0.3, 0.4) is 0 Å². The fraction of sp³-hybridized carbons (Fsp3) is 0.485. The van der Waals surface area contributed by atoms with Crippen molar-refractivity contribution >= 4 is 97.6 Å². The summed E-state index contributed by atoms with van der Waals surface area (Å²) >= 11 is 13.5. The zero-order valence-electron chi connectivity index (χ0n) is 52.6. The Hall–Kier alpha value is -4.91. The minimum absolute atomic E-state index is 0. The number of nitrogens with one attached hydrogen (secondary N) is 1. The molecule has 22 nitrogen and oxygen atoms in total. The van der Waals surface area contributed by atoms with Crippen LogP contribution in [0.5, 0.6) is 46.0 Å². The van der Waals surface area contributed by atoms with Gasteiger partial charge in [-0.15, -0.1) is 0 Å². The summed E-state index contributed by atoms with van der Waals surface area (Å²) in [6.45, 7) is 12.5. The molecule has 0 bridgehead atoms. The minimum Gasteiger partial charge on any atom is -0.870 e. The van der Waals surface area contributed by atoms with Crippen LogP contribution in [0.25, 0.3) is 0 Å². The minimum atomic E-state index is -4.02. The number of piperidine rings is 4. The van der Waals surface area contributed by atoms with Gasteiger partial charge in [-0.1, -0.05) is 95.3 Å². The van der Waals surface area contributed by atoms with Gasteiger partial charge in [-0.25, -0.2) is 9.59 Å². The summed E-state index contributed by atoms with van der Waals surface area (Å²) in [7, 11) is -4.02. The Morgan fingerprint density at radius 2 is 0.915 bits per heavy atom. The van der Waals surface area contributed by atoms with Crippen molar-refractivity contribution in [2.24, 2.45) is 0 Å². The Bertz CT molecular complexity index is 3410. The molecule has 0 aromatic heterocycles. The van der Waals surface area contributed by atoms with Crippen LogP contribution in [0.1, 0.15) is 117 Å². The van der Waals surface area contributed by atoms with E-state index in [1.807, 2.05) is 61.5 Å². The Morgan fingerprint density at radius 3 is 1.28 bits per heavy atom. The van der Waals surface area contributed by atoms with Crippen LogP contribution < -0.4 is 63.3 Å². The van der Waals surface area contributed by atoms with Crippen LogP contribution in [0.4, 0.5) is 9.59 Å². The number of aryl methyl sites for hydroxylation is 1. The van der Waals surface area contributed by atoms with Crippen LogP contribution >= 0.6 is 63.7 Å². The van der Waals surface area contributed by atoms with Crippen molar-refractivity contribution < 1.29 is 115 Å². The first kappa shape index (κ1) is 79.8. The third-order valence-corrected chi connectivity index (χ3v) is 18.9. The fourth-order valence-electron chi connectivity index (χ4n) is 10.5. The number of rotatable bonds is 4. The van der Waals surface area contributed by atoms with Crippen molar-refractivity contribution in [2.45, 2.75) is 146 Å². The van der Waals surface area contributed by atoms with Gasteiger partial charge < -0.3 is 68.7 Å². The number of nitrogens with zero attached hydrogens (tertiary/aromatic N) is 3. The van der Waals surface area contributed by atoms with E-state index >= 15 is 0 Å². The summed E-state index contributed by atoms with van der Waals surface area (Å²) in [6.07, 6.45) is 12.4. The van der Waals surface area contributed by atoms with Crippen molar-refractivity contribution in [3.8, 4) is 46.0 Å². The van der Waals surface area contributed by atoms with E-state index in [0.29, 0.717) is 70.9 Å². The number of benzene rings is 5. The number of ether oxygens (including phenoxy) is 8. The number of likely N-dealkylation sites (tertiary alicyclic amines) is 3. The van der Waals surface area contributed by atoms with Crippen molar-refractivity contribution in [3.63, 3.8) is 0 Å². The van der Waals surface area contributed by atoms with Gasteiger partial charge in [0.1, 0.15) is 11.6 Å². The van der Waals surface area contributed by atoms with Crippen LogP contribution in [-0.2, 0) is 29.2 Å². The molecule has 7 aliphatic heterocycles. The molecule has 510 valence electrons. The molecule has 9 aliphatic rings. The van der Waals surface area contributed by atoms with Crippen molar-refractivity contribution in [1.82, 2.24) is 20.0 Å². The third kappa shape index (κ3) is 23.1. The van der Waals surface area contributed by atoms with E-state index in [9.17, 15) is 27.6 Å². The molecular weight excluding hydrogens is 1510 g/mol. The standard InChI is InChI=1S/C15H18BrNO2.C14H16BrNO4.C11H12BrNO2.C8H13NO3.C7H8O3S.C6H5BrO2.C4H6O.CH4.Na.H2O/c16-11-4-5-13-14(10-11)19-15(18-13)6-8-17(9-7-15)12-2-1-3-12;1-2-18-13(17)16-7-5-14(6-8-16)19-11-4-3-10(15)9-12(11)20-14;12-8-1-2-9-10(7-8)15-11(14-9)3-5-13-6-4-11;1-2-12-8(11)9-5-3-7(10)4-6-9;1-6-2-4-7(5-3-6)11(8,9)10;7-4-1-2-5(8)6(9)3-4;5-4-2-1-3-4;;;/h4-5,10,12H,1-3,6-9H2;3-4,9H,2,5-8H2,1H3;1-2,7,13H,3-6H2;2-6H2,1H3;2-5H,1H3,(H,8,9,10);1-3,8-9H;1-3H2;1H4;;1H2/q;;;;;;;;+1;/p-1. The van der Waals surface area contributed by atoms with Gasteiger partial charge in [0.25, 0.3) is 27.5 Å². The molecule has 5 aromatic carbocycles. The van der Waals surface area contributed by atoms with E-state index in [-0.39, 0.29) is 76.8 Å². The van der Waals surface area contributed by atoms with Crippen LogP contribution in [0.15, 0.2) is 120 Å². The number of hydrogen-bond donors (Lipinski definition) is 4. The number of aromatic hydroxyl groups is 2. The zero-order valence-corrected chi connectivity index (χ0v) is 61.7. The molecular formula is C66H83Br4N4NaO18S. The van der Waals surface area contributed by atoms with Gasteiger partial charge >= 0.3 is 41.7 Å². The largest absolute Gasteiger partial charge is 1.00 e. The van der Waals surface area contributed by atoms with Crippen LogP contribution in [0, 0.1) is 6.92 Å². The molecule has 5 N–H and O–H groups in total. The number of fused-ring (bicyclic) bond motifs is 3. The maximum absolute atomic E-state index is 11.7. The number of ketones is 2. The molecule has 0 radical (unpaired) electrons. The molecule has 7 heterocycles.